The molecule has 2 N–H and O–H groups in total. The van der Waals surface area contributed by atoms with Crippen molar-refractivity contribution in [2.75, 3.05) is 26.8 Å². The predicted molar refractivity (Wildman–Crippen MR) is 211 cm³/mol. The lowest BCUT2D eigenvalue weighted by Gasteiger charge is -2.60. The van der Waals surface area contributed by atoms with E-state index in [1.165, 1.54) is 45.4 Å². The SMILES string of the molecule is CC.CC.CC.CCC(=O)N1CCOC(O[C@H]2CCC34C[C@]35CCC3(C)C6CCC([C@H](OC(C)=O)C(C)(C)O)OC6CC3C5CCC4C2(C)C)C1.CO. The summed E-state index contributed by atoms with van der Waals surface area (Å²) in [6, 6.07) is 0. The van der Waals surface area contributed by atoms with E-state index >= 15 is 0 Å². The van der Waals surface area contributed by atoms with Gasteiger partial charge in [-0.25, -0.2) is 0 Å². The lowest BCUT2D eigenvalue weighted by molar-refractivity contribution is -0.244. The van der Waals surface area contributed by atoms with Crippen molar-refractivity contribution in [3.63, 3.8) is 0 Å². The molecule has 9 heteroatoms. The minimum absolute atomic E-state index is 0.0662. The number of esters is 1. The van der Waals surface area contributed by atoms with Gasteiger partial charge in [0.05, 0.1) is 37.1 Å². The maximum atomic E-state index is 12.4. The second-order valence-corrected chi connectivity index (χ2v) is 17.6. The largest absolute Gasteiger partial charge is 0.457 e. The number of hydrogen-bond donors (Lipinski definition) is 2. The normalized spacial score (nSPS) is 40.6. The molecule has 310 valence electrons. The maximum Gasteiger partial charge on any atom is 0.303 e. The number of morpholine rings is 1. The van der Waals surface area contributed by atoms with Crippen molar-refractivity contribution < 1.29 is 38.7 Å². The molecule has 7 rings (SSSR count). The molecular weight excluding hydrogens is 670 g/mol. The van der Waals surface area contributed by atoms with Crippen LogP contribution in [-0.2, 0) is 28.5 Å². The van der Waals surface area contributed by atoms with Crippen molar-refractivity contribution in [1.29, 1.82) is 0 Å². The van der Waals surface area contributed by atoms with Gasteiger partial charge in [-0.2, -0.15) is 0 Å². The molecule has 9 nitrogen and oxygen atoms in total. The Kier molecular flexibility index (Phi) is 16.0. The number of nitrogens with zero attached hydrogens (tertiary/aromatic N) is 1. The van der Waals surface area contributed by atoms with Crippen LogP contribution in [0.25, 0.3) is 0 Å². The van der Waals surface area contributed by atoms with Crippen LogP contribution in [0.15, 0.2) is 0 Å². The second-order valence-electron chi connectivity index (χ2n) is 17.6. The predicted octanol–water partition coefficient (Wildman–Crippen LogP) is 8.56. The van der Waals surface area contributed by atoms with Crippen molar-refractivity contribution in [2.24, 2.45) is 45.3 Å². The fourth-order valence-corrected chi connectivity index (χ4v) is 12.9. The van der Waals surface area contributed by atoms with Gasteiger partial charge in [-0.05, 0) is 123 Å². The van der Waals surface area contributed by atoms with Gasteiger partial charge in [-0.3, -0.25) is 9.59 Å². The molecule has 12 atom stereocenters. The van der Waals surface area contributed by atoms with E-state index in [0.717, 1.165) is 38.7 Å². The number of amides is 1. The molecule has 53 heavy (non-hydrogen) atoms. The summed E-state index contributed by atoms with van der Waals surface area (Å²) in [5, 5.41) is 17.9. The number of rotatable bonds is 6. The van der Waals surface area contributed by atoms with Gasteiger partial charge in [-0.1, -0.05) is 69.2 Å². The van der Waals surface area contributed by atoms with E-state index in [4.69, 9.17) is 24.1 Å². The van der Waals surface area contributed by atoms with Gasteiger partial charge in [0, 0.05) is 27.0 Å². The molecular formula is C44H81NO8. The van der Waals surface area contributed by atoms with E-state index in [1.807, 2.05) is 53.4 Å². The Morgan fingerprint density at radius 3 is 2.13 bits per heavy atom. The first-order chi connectivity index (χ1) is 25.2. The molecule has 0 aromatic rings. The molecule has 0 radical (unpaired) electrons. The van der Waals surface area contributed by atoms with Crippen molar-refractivity contribution >= 4 is 11.9 Å². The topological polar surface area (TPSA) is 115 Å². The molecule has 2 heterocycles. The zero-order valence-electron chi connectivity index (χ0n) is 36.4. The first-order valence-electron chi connectivity index (χ1n) is 21.7. The lowest BCUT2D eigenvalue weighted by atomic mass is 9.46. The first-order valence-corrected chi connectivity index (χ1v) is 21.7. The van der Waals surface area contributed by atoms with Crippen LogP contribution in [0.4, 0.5) is 0 Å². The Morgan fingerprint density at radius 1 is 0.887 bits per heavy atom. The third-order valence-electron chi connectivity index (χ3n) is 14.9. The lowest BCUT2D eigenvalue weighted by Crippen LogP contribution is -2.56. The fraction of sp³-hybridized carbons (Fsp3) is 0.955. The Hall–Kier alpha value is -1.26. The molecule has 7 aliphatic rings. The number of aliphatic hydroxyl groups excluding tert-OH is 1. The highest BCUT2D eigenvalue weighted by molar-refractivity contribution is 5.75. The summed E-state index contributed by atoms with van der Waals surface area (Å²) in [6.45, 7) is 28.1. The maximum absolute atomic E-state index is 12.4. The highest BCUT2D eigenvalue weighted by Crippen LogP contribution is 2.87. The van der Waals surface area contributed by atoms with Crippen LogP contribution in [0.1, 0.15) is 161 Å². The van der Waals surface area contributed by atoms with E-state index in [0.29, 0.717) is 60.1 Å². The van der Waals surface area contributed by atoms with Gasteiger partial charge < -0.3 is 34.1 Å². The summed E-state index contributed by atoms with van der Waals surface area (Å²) in [5.41, 5.74) is 0.0948. The standard InChI is InChI=1S/C37H59NO7.3C2H6.CH4O/c1-8-30(40)38-17-18-42-31(20-38)45-29-13-14-37-21-36(37)16-15-35(7)24-9-11-26(32(34(5,6)41)43-22(2)39)44-27(24)19-25(35)23(36)10-12-28(37)33(29,3)4;4*1-2/h23-29,31-32,41H,8-21H2,1-7H3;3*1-2H3;2H,1H3/t23?,24?,25?,26?,27?,28?,29-,31?,32-,35?,36-,37?;;;;/m0..../s1. The quantitative estimate of drug-likeness (QED) is 0.260. The first kappa shape index (κ1) is 46.1. The van der Waals surface area contributed by atoms with Crippen molar-refractivity contribution in [3.8, 4) is 0 Å². The van der Waals surface area contributed by atoms with Crippen LogP contribution in [0.2, 0.25) is 0 Å². The molecule has 1 amide bonds. The van der Waals surface area contributed by atoms with E-state index < -0.39 is 11.7 Å². The monoisotopic (exact) mass is 752 g/mol. The average Bonchev–Trinajstić information content (AvgIpc) is 3.74. The number of hydrogen-bond acceptors (Lipinski definition) is 8. The third kappa shape index (κ3) is 8.27. The van der Waals surface area contributed by atoms with Crippen LogP contribution < -0.4 is 0 Å². The van der Waals surface area contributed by atoms with Crippen LogP contribution in [0.5, 0.6) is 0 Å². The second kappa shape index (κ2) is 18.3. The fourth-order valence-electron chi connectivity index (χ4n) is 12.9. The zero-order chi connectivity index (χ0) is 40.2. The van der Waals surface area contributed by atoms with Crippen molar-refractivity contribution in [1.82, 2.24) is 4.90 Å². The Labute approximate surface area is 324 Å². The third-order valence-corrected chi connectivity index (χ3v) is 14.9. The van der Waals surface area contributed by atoms with Gasteiger partial charge in [0.2, 0.25) is 5.91 Å². The van der Waals surface area contributed by atoms with E-state index in [9.17, 15) is 14.7 Å². The van der Waals surface area contributed by atoms with Crippen molar-refractivity contribution in [2.45, 2.75) is 197 Å². The molecule has 0 bridgehead atoms. The van der Waals surface area contributed by atoms with E-state index in [-0.39, 0.29) is 41.9 Å². The molecule has 5 aliphatic carbocycles. The van der Waals surface area contributed by atoms with Gasteiger partial charge in [0.1, 0.15) is 0 Å². The van der Waals surface area contributed by atoms with Crippen LogP contribution in [0.3, 0.4) is 0 Å². The molecule has 2 saturated heterocycles. The number of carbonyl (C=O) groups excluding carboxylic acids is 2. The Balaban J connectivity index is 0.000000887. The number of aliphatic hydroxyl groups is 2. The smallest absolute Gasteiger partial charge is 0.303 e. The van der Waals surface area contributed by atoms with Gasteiger partial charge >= 0.3 is 5.97 Å². The zero-order valence-corrected chi connectivity index (χ0v) is 36.4. The number of fused-ring (bicyclic) bond motifs is 4. The Morgan fingerprint density at radius 2 is 1.53 bits per heavy atom. The van der Waals surface area contributed by atoms with Crippen LogP contribution in [-0.4, -0.2) is 90.1 Å². The molecule has 0 aromatic carbocycles. The highest BCUT2D eigenvalue weighted by atomic mass is 16.7. The molecule has 7 fully saturated rings. The summed E-state index contributed by atoms with van der Waals surface area (Å²) >= 11 is 0. The number of carbonyl (C=O) groups is 2. The van der Waals surface area contributed by atoms with Crippen molar-refractivity contribution in [3.05, 3.63) is 0 Å². The molecule has 2 spiro atoms. The summed E-state index contributed by atoms with van der Waals surface area (Å²) < 4.78 is 25.3. The highest BCUT2D eigenvalue weighted by Gasteiger charge is 2.80. The van der Waals surface area contributed by atoms with E-state index in [2.05, 4.69) is 20.8 Å². The van der Waals surface area contributed by atoms with Crippen LogP contribution >= 0.6 is 0 Å². The summed E-state index contributed by atoms with van der Waals surface area (Å²) in [4.78, 5) is 26.2. The summed E-state index contributed by atoms with van der Waals surface area (Å²) in [7, 11) is 1.00. The number of ether oxygens (including phenoxy) is 4. The van der Waals surface area contributed by atoms with Gasteiger partial charge in [0.25, 0.3) is 0 Å². The summed E-state index contributed by atoms with van der Waals surface area (Å²) in [5.74, 6) is 2.44. The van der Waals surface area contributed by atoms with E-state index in [1.54, 1.807) is 13.8 Å². The minimum Gasteiger partial charge on any atom is -0.457 e. The van der Waals surface area contributed by atoms with Crippen LogP contribution in [0, 0.1) is 45.3 Å². The summed E-state index contributed by atoms with van der Waals surface area (Å²) in [6.07, 6.45) is 11.5. The van der Waals surface area contributed by atoms with Gasteiger partial charge in [-0.15, -0.1) is 0 Å². The average molecular weight is 752 g/mol. The molecule has 2 aliphatic heterocycles. The minimum atomic E-state index is -1.15. The molecule has 5 saturated carbocycles. The molecule has 0 aromatic heterocycles. The Bertz CT molecular complexity index is 1190. The van der Waals surface area contributed by atoms with Gasteiger partial charge in [0.15, 0.2) is 12.4 Å². The molecule has 9 unspecified atom stereocenters.